The summed E-state index contributed by atoms with van der Waals surface area (Å²) in [7, 11) is 0. The molecule has 1 aliphatic rings. The Labute approximate surface area is 71.1 Å². The van der Waals surface area contributed by atoms with Gasteiger partial charge in [-0.3, -0.25) is 4.99 Å². The molecule has 58 valence electrons. The Balaban J connectivity index is 2.22. The zero-order valence-electron chi connectivity index (χ0n) is 6.41. The number of thioether (sulfide) groups is 2. The first-order valence-corrected chi connectivity index (χ1v) is 5.53. The maximum atomic E-state index is 4.14. The van der Waals surface area contributed by atoms with E-state index in [1.807, 2.05) is 29.1 Å². The highest BCUT2D eigenvalue weighted by molar-refractivity contribution is 8.24. The van der Waals surface area contributed by atoms with Crippen molar-refractivity contribution >= 4 is 29.1 Å². The van der Waals surface area contributed by atoms with Gasteiger partial charge < -0.3 is 0 Å². The Morgan fingerprint density at radius 2 is 2.50 bits per heavy atom. The molecule has 1 nitrogen and oxygen atoms in total. The molecule has 0 fully saturated rings. The van der Waals surface area contributed by atoms with Gasteiger partial charge in [-0.1, -0.05) is 13.8 Å². The van der Waals surface area contributed by atoms with E-state index in [4.69, 9.17) is 0 Å². The van der Waals surface area contributed by atoms with Crippen molar-refractivity contribution < 1.29 is 0 Å². The number of hydrogen-bond acceptors (Lipinski definition) is 3. The second-order valence-electron chi connectivity index (χ2n) is 2.78. The summed E-state index contributed by atoms with van der Waals surface area (Å²) in [5.41, 5.74) is 1.99. The van der Waals surface area contributed by atoms with Crippen molar-refractivity contribution in [1.82, 2.24) is 0 Å². The molecule has 0 radical (unpaired) electrons. The maximum Gasteiger partial charge on any atom is 0.0861 e. The van der Waals surface area contributed by atoms with E-state index < -0.39 is 0 Å². The van der Waals surface area contributed by atoms with E-state index in [9.17, 15) is 0 Å². The van der Waals surface area contributed by atoms with Gasteiger partial charge in [-0.05, 0) is 12.3 Å². The van der Waals surface area contributed by atoms with Crippen LogP contribution in [0.4, 0.5) is 0 Å². The van der Waals surface area contributed by atoms with Crippen LogP contribution in [0.2, 0.25) is 0 Å². The Kier molecular flexibility index (Phi) is 3.63. The molecule has 0 spiro atoms. The van der Waals surface area contributed by atoms with Gasteiger partial charge in [0, 0.05) is 0 Å². The molecule has 0 aromatic carbocycles. The standard InChI is InChI=1S/C7H13NS2/c1-6(2)3-7-9-4-8-5-10-7/h4,6-7H,3,5H2,1-2H3. The van der Waals surface area contributed by atoms with E-state index in [0.29, 0.717) is 0 Å². The average molecular weight is 175 g/mol. The molecule has 0 N–H and O–H groups in total. The molecule has 0 saturated carbocycles. The lowest BCUT2D eigenvalue weighted by atomic mass is 10.2. The highest BCUT2D eigenvalue weighted by Gasteiger charge is 2.12. The first-order valence-electron chi connectivity index (χ1n) is 3.54. The molecule has 0 aromatic rings. The van der Waals surface area contributed by atoms with Crippen molar-refractivity contribution in [2.75, 3.05) is 5.88 Å². The third-order valence-corrected chi connectivity index (χ3v) is 3.66. The van der Waals surface area contributed by atoms with Gasteiger partial charge in [0.15, 0.2) is 0 Å². The lowest BCUT2D eigenvalue weighted by Gasteiger charge is -2.17. The highest BCUT2D eigenvalue weighted by Crippen LogP contribution is 2.31. The van der Waals surface area contributed by atoms with Crippen LogP contribution >= 0.6 is 23.5 Å². The van der Waals surface area contributed by atoms with E-state index in [-0.39, 0.29) is 0 Å². The summed E-state index contributed by atoms with van der Waals surface area (Å²) in [6.07, 6.45) is 1.31. The minimum absolute atomic E-state index is 0.762. The summed E-state index contributed by atoms with van der Waals surface area (Å²) in [4.78, 5) is 4.14. The minimum atomic E-state index is 0.762. The molecule has 3 heteroatoms. The summed E-state index contributed by atoms with van der Waals surface area (Å²) in [6.45, 7) is 4.54. The zero-order valence-corrected chi connectivity index (χ0v) is 8.04. The Hall–Kier alpha value is 0.370. The average Bonchev–Trinajstić information content (AvgIpc) is 1.88. The van der Waals surface area contributed by atoms with Gasteiger partial charge >= 0.3 is 0 Å². The van der Waals surface area contributed by atoms with Crippen molar-refractivity contribution in [2.24, 2.45) is 10.9 Å². The van der Waals surface area contributed by atoms with Crippen LogP contribution in [0.15, 0.2) is 4.99 Å². The number of nitrogens with zero attached hydrogens (tertiary/aromatic N) is 1. The molecule has 1 atom stereocenters. The SMILES string of the molecule is CC(C)CC1SC=NCS1. The van der Waals surface area contributed by atoms with Crippen LogP contribution in [0.5, 0.6) is 0 Å². The van der Waals surface area contributed by atoms with Crippen LogP contribution in [0.3, 0.4) is 0 Å². The van der Waals surface area contributed by atoms with Crippen molar-refractivity contribution in [3.8, 4) is 0 Å². The molecule has 0 saturated heterocycles. The van der Waals surface area contributed by atoms with Gasteiger partial charge in [0.1, 0.15) is 0 Å². The third kappa shape index (κ3) is 2.97. The number of hydrogen-bond donors (Lipinski definition) is 0. The molecule has 0 aliphatic carbocycles. The fourth-order valence-electron chi connectivity index (χ4n) is 0.815. The summed E-state index contributed by atoms with van der Waals surface area (Å²) in [5.74, 6) is 1.78. The molecule has 0 bridgehead atoms. The minimum Gasteiger partial charge on any atom is -0.276 e. The fourth-order valence-corrected chi connectivity index (χ4v) is 3.20. The maximum absolute atomic E-state index is 4.14. The lowest BCUT2D eigenvalue weighted by molar-refractivity contribution is 0.620. The van der Waals surface area contributed by atoms with Gasteiger partial charge in [-0.2, -0.15) is 0 Å². The molecule has 1 rings (SSSR count). The van der Waals surface area contributed by atoms with Gasteiger partial charge in [-0.15, -0.1) is 23.5 Å². The lowest BCUT2D eigenvalue weighted by Crippen LogP contribution is -2.05. The van der Waals surface area contributed by atoms with E-state index in [0.717, 1.165) is 16.4 Å². The molecule has 0 aromatic heterocycles. The molecule has 1 aliphatic heterocycles. The van der Waals surface area contributed by atoms with Crippen molar-refractivity contribution in [1.29, 1.82) is 0 Å². The van der Waals surface area contributed by atoms with Gasteiger partial charge in [0.25, 0.3) is 0 Å². The molecule has 10 heavy (non-hydrogen) atoms. The number of rotatable bonds is 2. The van der Waals surface area contributed by atoms with Crippen molar-refractivity contribution in [3.63, 3.8) is 0 Å². The summed E-state index contributed by atoms with van der Waals surface area (Å²) >= 11 is 3.82. The van der Waals surface area contributed by atoms with Crippen LogP contribution in [0, 0.1) is 5.92 Å². The largest absolute Gasteiger partial charge is 0.276 e. The molecule has 0 amide bonds. The van der Waals surface area contributed by atoms with Crippen molar-refractivity contribution in [3.05, 3.63) is 0 Å². The Bertz CT molecular complexity index is 123. The van der Waals surface area contributed by atoms with Crippen LogP contribution in [-0.4, -0.2) is 16.0 Å². The molecular weight excluding hydrogens is 162 g/mol. The van der Waals surface area contributed by atoms with E-state index in [2.05, 4.69) is 18.8 Å². The van der Waals surface area contributed by atoms with E-state index in [1.54, 1.807) is 0 Å². The second kappa shape index (κ2) is 4.29. The summed E-state index contributed by atoms with van der Waals surface area (Å²) < 4.78 is 0.762. The van der Waals surface area contributed by atoms with Crippen LogP contribution < -0.4 is 0 Å². The Morgan fingerprint density at radius 1 is 1.70 bits per heavy atom. The van der Waals surface area contributed by atoms with Gasteiger partial charge in [-0.25, -0.2) is 0 Å². The van der Waals surface area contributed by atoms with Crippen LogP contribution in [-0.2, 0) is 0 Å². The monoisotopic (exact) mass is 175 g/mol. The first kappa shape index (κ1) is 8.47. The second-order valence-corrected chi connectivity index (χ2v) is 5.29. The highest BCUT2D eigenvalue weighted by atomic mass is 32.2. The molecule has 1 unspecified atom stereocenters. The van der Waals surface area contributed by atoms with E-state index >= 15 is 0 Å². The van der Waals surface area contributed by atoms with Crippen LogP contribution in [0.1, 0.15) is 20.3 Å². The molecular formula is C7H13NS2. The summed E-state index contributed by atoms with van der Waals surface area (Å²) in [6, 6.07) is 0. The molecule has 1 heterocycles. The Morgan fingerprint density at radius 3 is 3.00 bits per heavy atom. The van der Waals surface area contributed by atoms with E-state index in [1.165, 1.54) is 6.42 Å². The predicted octanol–water partition coefficient (Wildman–Crippen LogP) is 2.82. The van der Waals surface area contributed by atoms with Crippen molar-refractivity contribution in [2.45, 2.75) is 24.9 Å². The predicted molar refractivity (Wildman–Crippen MR) is 51.8 cm³/mol. The fraction of sp³-hybridized carbons (Fsp3) is 0.857. The number of aliphatic imine (C=N–C) groups is 1. The third-order valence-electron chi connectivity index (χ3n) is 1.29. The smallest absolute Gasteiger partial charge is 0.0861 e. The van der Waals surface area contributed by atoms with Gasteiger partial charge in [0.2, 0.25) is 0 Å². The van der Waals surface area contributed by atoms with Gasteiger partial charge in [0.05, 0.1) is 16.0 Å². The summed E-state index contributed by atoms with van der Waals surface area (Å²) in [5, 5.41) is 0. The zero-order chi connectivity index (χ0) is 7.40. The topological polar surface area (TPSA) is 12.4 Å². The van der Waals surface area contributed by atoms with Crippen LogP contribution in [0.25, 0.3) is 0 Å². The normalized spacial score (nSPS) is 25.7. The first-order chi connectivity index (χ1) is 4.79. The quantitative estimate of drug-likeness (QED) is 0.640.